The lowest BCUT2D eigenvalue weighted by Gasteiger charge is -2.51. The summed E-state index contributed by atoms with van der Waals surface area (Å²) in [6.45, 7) is 2.58. The van der Waals surface area contributed by atoms with Crippen LogP contribution in [0.1, 0.15) is 58.3 Å². The maximum Gasteiger partial charge on any atom is -0.0184 e. The smallest absolute Gasteiger partial charge is 0.0184 e. The minimum Gasteiger partial charge on any atom is -0.0816 e. The molecule has 0 nitrogen and oxygen atoms in total. The highest BCUT2D eigenvalue weighted by atomic mass is 14.8. The fourth-order valence-electron chi connectivity index (χ4n) is 12.0. The zero-order chi connectivity index (χ0) is 14.7. The lowest BCUT2D eigenvalue weighted by atomic mass is 9.52. The molecular weight excluding hydrogens is 276 g/mol. The molecule has 12 unspecified atom stereocenters. The molecule has 0 aliphatic heterocycles. The van der Waals surface area contributed by atoms with Gasteiger partial charge in [0, 0.05) is 0 Å². The van der Waals surface area contributed by atoms with Gasteiger partial charge in [-0.15, -0.1) is 0 Å². The number of hydrogen-bond acceptors (Lipinski definition) is 0. The van der Waals surface area contributed by atoms with E-state index in [-0.39, 0.29) is 0 Å². The second-order valence-electron chi connectivity index (χ2n) is 11.8. The highest BCUT2D eigenvalue weighted by molar-refractivity contribution is 5.37. The summed E-state index contributed by atoms with van der Waals surface area (Å²) in [6.07, 6.45) is 15.9. The van der Waals surface area contributed by atoms with Crippen molar-refractivity contribution < 1.29 is 0 Å². The SMILES string of the molecule is CC1CC2CC34CC(C5CC6C7C=C8CC6(CC8C7)C53)C2C4C1. The third-order valence-electron chi connectivity index (χ3n) is 11.5. The van der Waals surface area contributed by atoms with Crippen molar-refractivity contribution in [2.24, 2.45) is 70.0 Å². The van der Waals surface area contributed by atoms with Crippen LogP contribution in [0.4, 0.5) is 0 Å². The number of rotatable bonds is 0. The van der Waals surface area contributed by atoms with Crippen molar-refractivity contribution in [2.45, 2.75) is 58.3 Å². The molecule has 23 heavy (non-hydrogen) atoms. The van der Waals surface area contributed by atoms with E-state index in [1.54, 1.807) is 51.4 Å². The van der Waals surface area contributed by atoms with E-state index in [0.717, 1.165) is 40.4 Å². The van der Waals surface area contributed by atoms with Gasteiger partial charge < -0.3 is 0 Å². The molecule has 12 atom stereocenters. The van der Waals surface area contributed by atoms with Gasteiger partial charge in [-0.25, -0.2) is 0 Å². The first kappa shape index (κ1) is 12.2. The highest BCUT2D eigenvalue weighted by Gasteiger charge is 2.81. The van der Waals surface area contributed by atoms with Crippen LogP contribution in [-0.4, -0.2) is 0 Å². The summed E-state index contributed by atoms with van der Waals surface area (Å²) in [7, 11) is 0. The van der Waals surface area contributed by atoms with Crippen molar-refractivity contribution in [2.75, 3.05) is 0 Å². The van der Waals surface area contributed by atoms with Gasteiger partial charge in [0.15, 0.2) is 0 Å². The predicted octanol–water partition coefficient (Wildman–Crippen LogP) is 5.30. The van der Waals surface area contributed by atoms with Gasteiger partial charge in [0.2, 0.25) is 0 Å². The molecule has 9 aliphatic carbocycles. The summed E-state index contributed by atoms with van der Waals surface area (Å²) >= 11 is 0. The van der Waals surface area contributed by atoms with Gasteiger partial charge in [0.1, 0.15) is 0 Å². The summed E-state index contributed by atoms with van der Waals surface area (Å²) in [5, 5.41) is 0. The molecule has 0 aromatic heterocycles. The Hall–Kier alpha value is -0.260. The molecule has 7 fully saturated rings. The molecule has 0 aromatic carbocycles. The van der Waals surface area contributed by atoms with E-state index in [1.807, 2.05) is 5.57 Å². The summed E-state index contributed by atoms with van der Waals surface area (Å²) in [5.41, 5.74) is 3.66. The van der Waals surface area contributed by atoms with Crippen molar-refractivity contribution in [3.63, 3.8) is 0 Å². The summed E-state index contributed by atoms with van der Waals surface area (Å²) in [4.78, 5) is 0. The molecule has 0 radical (unpaired) electrons. The third-order valence-corrected chi connectivity index (χ3v) is 11.5. The molecule has 0 amide bonds. The van der Waals surface area contributed by atoms with Crippen molar-refractivity contribution in [1.29, 1.82) is 0 Å². The van der Waals surface area contributed by atoms with E-state index in [2.05, 4.69) is 13.0 Å². The monoisotopic (exact) mass is 306 g/mol. The molecule has 9 aliphatic rings. The van der Waals surface area contributed by atoms with Crippen LogP contribution in [0.2, 0.25) is 0 Å². The fourth-order valence-corrected chi connectivity index (χ4v) is 12.0. The molecule has 122 valence electrons. The molecule has 0 aromatic rings. The van der Waals surface area contributed by atoms with Crippen LogP contribution in [0.5, 0.6) is 0 Å². The van der Waals surface area contributed by atoms with E-state index in [4.69, 9.17) is 0 Å². The van der Waals surface area contributed by atoms with E-state index >= 15 is 0 Å². The molecule has 7 saturated carbocycles. The van der Waals surface area contributed by atoms with Crippen molar-refractivity contribution >= 4 is 0 Å². The Balaban J connectivity index is 1.33. The van der Waals surface area contributed by atoms with Crippen LogP contribution in [0.25, 0.3) is 0 Å². The van der Waals surface area contributed by atoms with Crippen molar-refractivity contribution in [3.8, 4) is 0 Å². The van der Waals surface area contributed by atoms with Crippen molar-refractivity contribution in [1.82, 2.24) is 0 Å². The average molecular weight is 306 g/mol. The largest absolute Gasteiger partial charge is 0.0816 e. The number of hydrogen-bond donors (Lipinski definition) is 0. The first-order chi connectivity index (χ1) is 11.2. The van der Waals surface area contributed by atoms with Crippen LogP contribution >= 0.6 is 0 Å². The Bertz CT molecular complexity index is 674. The Morgan fingerprint density at radius 3 is 2.78 bits per heavy atom. The standard InChI is InChI=1S/C23H30/c1-11-2-15-9-23-10-17(20(15)19(23)3-11)16-6-18-12-4-13-7-22(18,21(16)23)8-14(13)5-12/h4,11-12,14-21H,2-3,5-10H2,1H3. The average Bonchev–Trinajstić information content (AvgIpc) is 3.25. The molecule has 0 N–H and O–H groups in total. The molecule has 0 heterocycles. The second kappa shape index (κ2) is 3.24. The molecule has 9 rings (SSSR count). The van der Waals surface area contributed by atoms with E-state index in [9.17, 15) is 0 Å². The summed E-state index contributed by atoms with van der Waals surface area (Å²) < 4.78 is 0. The first-order valence-corrected chi connectivity index (χ1v) is 10.9. The number of fused-ring (bicyclic) bond motifs is 3. The maximum atomic E-state index is 2.79. The molecule has 0 heteroatoms. The third kappa shape index (κ3) is 1.01. The van der Waals surface area contributed by atoms with Gasteiger partial charge in [-0.3, -0.25) is 0 Å². The zero-order valence-corrected chi connectivity index (χ0v) is 14.5. The predicted molar refractivity (Wildman–Crippen MR) is 90.5 cm³/mol. The van der Waals surface area contributed by atoms with E-state index < -0.39 is 0 Å². The Labute approximate surface area is 140 Å². The summed E-state index contributed by atoms with van der Waals surface area (Å²) in [5.74, 6) is 11.4. The highest BCUT2D eigenvalue weighted by Crippen LogP contribution is 2.87. The molecular formula is C23H30. The van der Waals surface area contributed by atoms with Gasteiger partial charge >= 0.3 is 0 Å². The van der Waals surface area contributed by atoms with Crippen LogP contribution in [-0.2, 0) is 0 Å². The Kier molecular flexibility index (Phi) is 1.71. The van der Waals surface area contributed by atoms with Gasteiger partial charge in [-0.2, -0.15) is 0 Å². The molecule has 2 spiro atoms. The van der Waals surface area contributed by atoms with Gasteiger partial charge in [-0.05, 0) is 121 Å². The Morgan fingerprint density at radius 2 is 1.87 bits per heavy atom. The van der Waals surface area contributed by atoms with Crippen LogP contribution < -0.4 is 0 Å². The van der Waals surface area contributed by atoms with Gasteiger partial charge in [0.05, 0.1) is 0 Å². The normalized spacial score (nSPS) is 74.4. The first-order valence-electron chi connectivity index (χ1n) is 10.9. The van der Waals surface area contributed by atoms with Crippen LogP contribution in [0, 0.1) is 70.0 Å². The van der Waals surface area contributed by atoms with Crippen molar-refractivity contribution in [3.05, 3.63) is 11.6 Å². The van der Waals surface area contributed by atoms with E-state index in [0.29, 0.717) is 0 Å². The lowest BCUT2D eigenvalue weighted by Crippen LogP contribution is -2.46. The van der Waals surface area contributed by atoms with Crippen LogP contribution in [0.3, 0.4) is 0 Å². The minimum atomic E-state index is 0.836. The quantitative estimate of drug-likeness (QED) is 0.533. The molecule has 0 saturated heterocycles. The maximum absolute atomic E-state index is 2.79. The zero-order valence-electron chi connectivity index (χ0n) is 14.5. The second-order valence-corrected chi connectivity index (χ2v) is 11.8. The molecule has 9 bridgehead atoms. The van der Waals surface area contributed by atoms with Gasteiger partial charge in [-0.1, -0.05) is 18.6 Å². The van der Waals surface area contributed by atoms with Gasteiger partial charge in [0.25, 0.3) is 0 Å². The fraction of sp³-hybridized carbons (Fsp3) is 0.913. The van der Waals surface area contributed by atoms with E-state index in [1.165, 1.54) is 29.6 Å². The topological polar surface area (TPSA) is 0 Å². The van der Waals surface area contributed by atoms with Crippen LogP contribution in [0.15, 0.2) is 11.6 Å². The Morgan fingerprint density at radius 1 is 0.913 bits per heavy atom. The number of allylic oxidation sites excluding steroid dienone is 2. The summed E-state index contributed by atoms with van der Waals surface area (Å²) in [6, 6.07) is 0. The lowest BCUT2D eigenvalue weighted by molar-refractivity contribution is -0.0336. The minimum absolute atomic E-state index is 0.836.